The van der Waals surface area contributed by atoms with Crippen molar-refractivity contribution in [2.75, 3.05) is 0 Å². The van der Waals surface area contributed by atoms with Gasteiger partial charge in [0.15, 0.2) is 0 Å². The van der Waals surface area contributed by atoms with Crippen molar-refractivity contribution in [3.8, 4) is 0 Å². The maximum atomic E-state index is 2.20. The Hall–Kier alpha value is -2.60. The predicted octanol–water partition coefficient (Wildman–Crippen LogP) is 10.4. The van der Waals surface area contributed by atoms with Crippen molar-refractivity contribution in [2.45, 2.75) is 69.2 Å². The zero-order valence-corrected chi connectivity index (χ0v) is 21.1. The molecule has 164 valence electrons. The highest BCUT2D eigenvalue weighted by molar-refractivity contribution is 5.85. The van der Waals surface area contributed by atoms with Gasteiger partial charge >= 0.3 is 0 Å². The minimum absolute atomic E-state index is 1.32. The van der Waals surface area contributed by atoms with E-state index >= 15 is 0 Å². The summed E-state index contributed by atoms with van der Waals surface area (Å²) >= 11 is 0. The van der Waals surface area contributed by atoms with Gasteiger partial charge in [-0.3, -0.25) is 0 Å². The molecule has 0 fully saturated rings. The van der Waals surface area contributed by atoms with Gasteiger partial charge in [0.1, 0.15) is 0 Å². The second-order valence-electron chi connectivity index (χ2n) is 5.65. The molecule has 0 saturated heterocycles. The summed E-state index contributed by atoms with van der Waals surface area (Å²) in [5, 5.41) is 5.33. The van der Waals surface area contributed by atoms with Crippen LogP contribution in [0.3, 0.4) is 0 Å². The molecule has 30 heavy (non-hydrogen) atoms. The lowest BCUT2D eigenvalue weighted by Gasteiger charge is -1.98. The molecule has 0 heterocycles. The number of rotatable bonds is 0. The van der Waals surface area contributed by atoms with Crippen LogP contribution in [0.25, 0.3) is 21.5 Å². The molecule has 0 N–H and O–H groups in total. The van der Waals surface area contributed by atoms with Gasteiger partial charge in [0.2, 0.25) is 0 Å². The summed E-state index contributed by atoms with van der Waals surface area (Å²) in [6.07, 6.45) is 0. The normalized spacial score (nSPS) is 8.33. The van der Waals surface area contributed by atoms with Crippen molar-refractivity contribution in [3.05, 3.63) is 96.1 Å². The maximum absolute atomic E-state index is 2.20. The fourth-order valence-corrected chi connectivity index (χ4v) is 2.70. The van der Waals surface area contributed by atoms with Crippen LogP contribution in [-0.4, -0.2) is 0 Å². The lowest BCUT2D eigenvalue weighted by molar-refractivity contribution is 1.50. The molecule has 0 nitrogen and oxygen atoms in total. The fraction of sp³-hybridized carbons (Fsp3) is 0.333. The first-order valence-corrected chi connectivity index (χ1v) is 11.6. The first-order chi connectivity index (χ1) is 14.7. The van der Waals surface area contributed by atoms with E-state index in [4.69, 9.17) is 0 Å². The van der Waals surface area contributed by atoms with E-state index < -0.39 is 0 Å². The molecule has 0 saturated carbocycles. The highest BCUT2D eigenvalue weighted by Gasteiger charge is 1.92. The Bertz CT molecular complexity index is 892. The summed E-state index contributed by atoms with van der Waals surface area (Å²) in [5.41, 5.74) is 2.67. The van der Waals surface area contributed by atoms with E-state index in [0.29, 0.717) is 0 Å². The van der Waals surface area contributed by atoms with Crippen LogP contribution < -0.4 is 0 Å². The van der Waals surface area contributed by atoms with Crippen LogP contribution in [-0.2, 0) is 0 Å². The summed E-state index contributed by atoms with van der Waals surface area (Å²) in [5.74, 6) is 0. The van der Waals surface area contributed by atoms with Crippen LogP contribution in [0.4, 0.5) is 0 Å². The van der Waals surface area contributed by atoms with E-state index in [1.54, 1.807) is 0 Å². The topological polar surface area (TPSA) is 0 Å². The van der Waals surface area contributed by atoms with Gasteiger partial charge in [-0.15, -0.1) is 0 Å². The van der Waals surface area contributed by atoms with Crippen molar-refractivity contribution >= 4 is 21.5 Å². The second-order valence-corrected chi connectivity index (χ2v) is 5.65. The summed E-state index contributed by atoms with van der Waals surface area (Å²) in [7, 11) is 0. The Morgan fingerprint density at radius 2 is 0.867 bits per heavy atom. The zero-order chi connectivity index (χ0) is 23.4. The first kappa shape index (κ1) is 29.6. The molecule has 4 aromatic carbocycles. The molecule has 0 aliphatic heterocycles. The number of benzene rings is 4. The molecule has 0 amide bonds. The van der Waals surface area contributed by atoms with E-state index in [1.807, 2.05) is 55.4 Å². The number of hydrogen-bond donors (Lipinski definition) is 0. The van der Waals surface area contributed by atoms with Crippen LogP contribution in [0.5, 0.6) is 0 Å². The Morgan fingerprint density at radius 1 is 0.400 bits per heavy atom. The molecule has 0 unspecified atom stereocenters. The SMILES string of the molecule is CC.CC.CC.CC.Cc1ccc2ccccc2c1.Cc1cccc2ccccc12. The van der Waals surface area contributed by atoms with Crippen LogP contribution in [0, 0.1) is 13.8 Å². The predicted molar refractivity (Wildman–Crippen MR) is 143 cm³/mol. The van der Waals surface area contributed by atoms with Gasteiger partial charge in [-0.1, -0.05) is 146 Å². The van der Waals surface area contributed by atoms with Gasteiger partial charge in [0.25, 0.3) is 0 Å². The lowest BCUT2D eigenvalue weighted by atomic mass is 10.1. The highest BCUT2D eigenvalue weighted by atomic mass is 14.0. The molecule has 0 aliphatic carbocycles. The quantitative estimate of drug-likeness (QED) is 0.273. The summed E-state index contributed by atoms with van der Waals surface area (Å²) < 4.78 is 0. The number of fused-ring (bicyclic) bond motifs is 2. The molecule has 4 aromatic rings. The van der Waals surface area contributed by atoms with E-state index in [1.165, 1.54) is 32.7 Å². The molecule has 0 aromatic heterocycles. The molecule has 0 heteroatoms. The van der Waals surface area contributed by atoms with E-state index in [-0.39, 0.29) is 0 Å². The summed E-state index contributed by atoms with van der Waals surface area (Å²) in [4.78, 5) is 0. The van der Waals surface area contributed by atoms with E-state index in [0.717, 1.165) is 0 Å². The fourth-order valence-electron chi connectivity index (χ4n) is 2.70. The van der Waals surface area contributed by atoms with Crippen molar-refractivity contribution < 1.29 is 0 Å². The van der Waals surface area contributed by atoms with Gasteiger partial charge in [0, 0.05) is 0 Å². The standard InChI is InChI=1S/2C11H10.4C2H6/c1-9-5-4-7-10-6-2-3-8-11(9)10;1-9-6-7-10-4-2-3-5-11(10)8-9;4*1-2/h2*2-8H,1H3;4*1-2H3. The monoisotopic (exact) mass is 404 g/mol. The highest BCUT2D eigenvalue weighted by Crippen LogP contribution is 2.16. The Morgan fingerprint density at radius 3 is 1.43 bits per heavy atom. The van der Waals surface area contributed by atoms with Crippen molar-refractivity contribution in [3.63, 3.8) is 0 Å². The van der Waals surface area contributed by atoms with Gasteiger partial charge in [-0.25, -0.2) is 0 Å². The minimum Gasteiger partial charge on any atom is -0.0683 e. The third-order valence-electron chi connectivity index (χ3n) is 3.91. The minimum atomic E-state index is 1.32. The van der Waals surface area contributed by atoms with Gasteiger partial charge in [-0.05, 0) is 41.0 Å². The number of hydrogen-bond acceptors (Lipinski definition) is 0. The molecular weight excluding hydrogens is 360 g/mol. The van der Waals surface area contributed by atoms with E-state index in [2.05, 4.69) is 98.8 Å². The Kier molecular flexibility index (Phi) is 19.4. The average molecular weight is 405 g/mol. The van der Waals surface area contributed by atoms with Gasteiger partial charge in [-0.2, -0.15) is 0 Å². The zero-order valence-electron chi connectivity index (χ0n) is 21.1. The smallest absolute Gasteiger partial charge is 0.0155 e. The molecule has 0 spiro atoms. The van der Waals surface area contributed by atoms with Gasteiger partial charge in [0.05, 0.1) is 0 Å². The van der Waals surface area contributed by atoms with Gasteiger partial charge < -0.3 is 0 Å². The molecular formula is C30H44. The lowest BCUT2D eigenvalue weighted by Crippen LogP contribution is -1.75. The molecule has 0 atom stereocenters. The van der Waals surface area contributed by atoms with Crippen LogP contribution >= 0.6 is 0 Å². The van der Waals surface area contributed by atoms with Crippen LogP contribution in [0.1, 0.15) is 66.5 Å². The third-order valence-corrected chi connectivity index (χ3v) is 3.91. The summed E-state index contributed by atoms with van der Waals surface area (Å²) in [6, 6.07) is 29.7. The van der Waals surface area contributed by atoms with E-state index in [9.17, 15) is 0 Å². The molecule has 0 aliphatic rings. The largest absolute Gasteiger partial charge is 0.0683 e. The third kappa shape index (κ3) is 10.3. The second kappa shape index (κ2) is 19.7. The number of aryl methyl sites for hydroxylation is 2. The van der Waals surface area contributed by atoms with Crippen molar-refractivity contribution in [1.82, 2.24) is 0 Å². The molecule has 0 bridgehead atoms. The van der Waals surface area contributed by atoms with Crippen LogP contribution in [0.15, 0.2) is 84.9 Å². The summed E-state index contributed by atoms with van der Waals surface area (Å²) in [6.45, 7) is 20.3. The first-order valence-electron chi connectivity index (χ1n) is 11.6. The Balaban J connectivity index is 0. The maximum Gasteiger partial charge on any atom is -0.0155 e. The van der Waals surface area contributed by atoms with Crippen molar-refractivity contribution in [2.24, 2.45) is 0 Å². The molecule has 0 radical (unpaired) electrons. The average Bonchev–Trinajstić information content (AvgIpc) is 2.85. The van der Waals surface area contributed by atoms with Crippen molar-refractivity contribution in [1.29, 1.82) is 0 Å². The van der Waals surface area contributed by atoms with Crippen LogP contribution in [0.2, 0.25) is 0 Å². The Labute approximate surface area is 187 Å². The molecule has 4 rings (SSSR count).